The van der Waals surface area contributed by atoms with E-state index in [-0.39, 0.29) is 24.0 Å². The summed E-state index contributed by atoms with van der Waals surface area (Å²) in [6.07, 6.45) is 1.64. The standard InChI is InChI=1S/C15H19N3O3.HI/c1-10-6-7-21-14(10)9-17-15(16)18-11-4-5-12(19-2)13(8-11)20-3;/h4-8H,9H2,1-3H3,(H3,16,17,18);1H. The van der Waals surface area contributed by atoms with Gasteiger partial charge < -0.3 is 24.9 Å². The number of methoxy groups -OCH3 is 2. The van der Waals surface area contributed by atoms with Gasteiger partial charge in [0.1, 0.15) is 12.3 Å². The molecule has 3 N–H and O–H groups in total. The van der Waals surface area contributed by atoms with Crippen molar-refractivity contribution in [3.63, 3.8) is 0 Å². The van der Waals surface area contributed by atoms with Crippen molar-refractivity contribution in [3.05, 3.63) is 41.9 Å². The summed E-state index contributed by atoms with van der Waals surface area (Å²) in [6.45, 7) is 2.36. The van der Waals surface area contributed by atoms with Crippen molar-refractivity contribution in [1.29, 1.82) is 0 Å². The molecule has 22 heavy (non-hydrogen) atoms. The first kappa shape index (κ1) is 18.1. The SMILES string of the molecule is COc1ccc(NC(N)=NCc2occc2C)cc1OC.I. The van der Waals surface area contributed by atoms with Crippen molar-refractivity contribution in [3.8, 4) is 11.5 Å². The lowest BCUT2D eigenvalue weighted by Gasteiger charge is -2.10. The van der Waals surface area contributed by atoms with E-state index in [9.17, 15) is 0 Å². The second kappa shape index (κ2) is 8.52. The average Bonchev–Trinajstić information content (AvgIpc) is 2.90. The van der Waals surface area contributed by atoms with E-state index >= 15 is 0 Å². The van der Waals surface area contributed by atoms with E-state index in [4.69, 9.17) is 19.6 Å². The first-order valence-electron chi connectivity index (χ1n) is 6.46. The number of nitrogens with two attached hydrogens (primary N) is 1. The monoisotopic (exact) mass is 417 g/mol. The Morgan fingerprint density at radius 3 is 2.55 bits per heavy atom. The quantitative estimate of drug-likeness (QED) is 0.444. The number of ether oxygens (including phenoxy) is 2. The minimum absolute atomic E-state index is 0. The molecule has 2 aromatic rings. The predicted molar refractivity (Wildman–Crippen MR) is 97.4 cm³/mol. The fraction of sp³-hybridized carbons (Fsp3) is 0.267. The van der Waals surface area contributed by atoms with E-state index in [2.05, 4.69) is 10.3 Å². The molecule has 0 aliphatic heterocycles. The van der Waals surface area contributed by atoms with Gasteiger partial charge in [-0.05, 0) is 30.7 Å². The number of aryl methyl sites for hydroxylation is 1. The molecule has 0 saturated carbocycles. The Balaban J connectivity index is 0.00000242. The van der Waals surface area contributed by atoms with Crippen LogP contribution >= 0.6 is 24.0 Å². The van der Waals surface area contributed by atoms with Gasteiger partial charge in [0.2, 0.25) is 0 Å². The molecule has 1 aromatic heterocycles. The van der Waals surface area contributed by atoms with Crippen LogP contribution in [0.3, 0.4) is 0 Å². The first-order valence-corrected chi connectivity index (χ1v) is 6.46. The molecular formula is C15H20IN3O3. The maximum Gasteiger partial charge on any atom is 0.193 e. The zero-order valence-corrected chi connectivity index (χ0v) is 15.1. The van der Waals surface area contributed by atoms with Gasteiger partial charge in [-0.1, -0.05) is 0 Å². The van der Waals surface area contributed by atoms with Crippen LogP contribution in [0.5, 0.6) is 11.5 Å². The third kappa shape index (κ3) is 4.55. The highest BCUT2D eigenvalue weighted by molar-refractivity contribution is 14.0. The summed E-state index contributed by atoms with van der Waals surface area (Å²) in [6, 6.07) is 7.31. The van der Waals surface area contributed by atoms with Crippen LogP contribution in [0.15, 0.2) is 39.9 Å². The lowest BCUT2D eigenvalue weighted by Crippen LogP contribution is -2.22. The summed E-state index contributed by atoms with van der Waals surface area (Å²) in [7, 11) is 3.17. The first-order chi connectivity index (χ1) is 10.1. The molecular weight excluding hydrogens is 397 g/mol. The maximum absolute atomic E-state index is 5.86. The van der Waals surface area contributed by atoms with Crippen molar-refractivity contribution < 1.29 is 13.9 Å². The van der Waals surface area contributed by atoms with E-state index in [1.165, 1.54) is 0 Å². The fourth-order valence-electron chi connectivity index (χ4n) is 1.82. The van der Waals surface area contributed by atoms with E-state index in [0.29, 0.717) is 24.0 Å². The second-order valence-corrected chi connectivity index (χ2v) is 4.42. The Morgan fingerprint density at radius 2 is 1.95 bits per heavy atom. The minimum Gasteiger partial charge on any atom is -0.493 e. The molecule has 6 nitrogen and oxygen atoms in total. The number of guanidine groups is 1. The molecule has 0 atom stereocenters. The molecule has 0 unspecified atom stereocenters. The second-order valence-electron chi connectivity index (χ2n) is 4.42. The molecule has 0 amide bonds. The maximum atomic E-state index is 5.86. The molecule has 120 valence electrons. The van der Waals surface area contributed by atoms with Gasteiger partial charge in [-0.2, -0.15) is 0 Å². The normalized spacial score (nSPS) is 10.8. The van der Waals surface area contributed by atoms with Crippen molar-refractivity contribution in [2.75, 3.05) is 19.5 Å². The highest BCUT2D eigenvalue weighted by Gasteiger charge is 2.05. The van der Waals surface area contributed by atoms with Gasteiger partial charge in [0.15, 0.2) is 17.5 Å². The summed E-state index contributed by atoms with van der Waals surface area (Å²) >= 11 is 0. The van der Waals surface area contributed by atoms with Crippen molar-refractivity contribution in [2.24, 2.45) is 10.7 Å². The lowest BCUT2D eigenvalue weighted by atomic mass is 10.2. The minimum atomic E-state index is 0. The number of hydrogen-bond donors (Lipinski definition) is 2. The number of nitrogens with one attached hydrogen (secondary N) is 1. The van der Waals surface area contributed by atoms with Crippen molar-refractivity contribution in [2.45, 2.75) is 13.5 Å². The Morgan fingerprint density at radius 1 is 1.23 bits per heavy atom. The van der Waals surface area contributed by atoms with Crippen LogP contribution in [0.1, 0.15) is 11.3 Å². The molecule has 7 heteroatoms. The fourth-order valence-corrected chi connectivity index (χ4v) is 1.82. The predicted octanol–water partition coefficient (Wildman–Crippen LogP) is 3.15. The Kier molecular flexibility index (Phi) is 7.03. The molecule has 0 radical (unpaired) electrons. The van der Waals surface area contributed by atoms with Gasteiger partial charge in [-0.15, -0.1) is 24.0 Å². The summed E-state index contributed by atoms with van der Waals surface area (Å²) < 4.78 is 15.7. The van der Waals surface area contributed by atoms with E-state index in [1.54, 1.807) is 32.6 Å². The molecule has 0 saturated heterocycles. The number of anilines is 1. The summed E-state index contributed by atoms with van der Waals surface area (Å²) in [4.78, 5) is 4.24. The number of halogens is 1. The van der Waals surface area contributed by atoms with E-state index in [0.717, 1.165) is 17.0 Å². The number of nitrogens with zero attached hydrogens (tertiary/aromatic N) is 1. The van der Waals surface area contributed by atoms with Crippen molar-refractivity contribution >= 4 is 35.6 Å². The van der Waals surface area contributed by atoms with Crippen LogP contribution in [0, 0.1) is 6.92 Å². The summed E-state index contributed by atoms with van der Waals surface area (Å²) in [5.74, 6) is 2.38. The van der Waals surface area contributed by atoms with Gasteiger partial charge in [0, 0.05) is 11.8 Å². The number of aliphatic imine (C=N–C) groups is 1. The molecule has 0 fully saturated rings. The largest absolute Gasteiger partial charge is 0.493 e. The van der Waals surface area contributed by atoms with Crippen LogP contribution < -0.4 is 20.5 Å². The third-order valence-electron chi connectivity index (χ3n) is 3.02. The highest BCUT2D eigenvalue weighted by Crippen LogP contribution is 2.29. The zero-order valence-electron chi connectivity index (χ0n) is 12.8. The van der Waals surface area contributed by atoms with Gasteiger partial charge >= 0.3 is 0 Å². The third-order valence-corrected chi connectivity index (χ3v) is 3.02. The number of rotatable bonds is 5. The van der Waals surface area contributed by atoms with Gasteiger partial charge in [0.05, 0.1) is 20.5 Å². The van der Waals surface area contributed by atoms with Crippen LogP contribution in [-0.2, 0) is 6.54 Å². The molecule has 0 bridgehead atoms. The molecule has 2 rings (SSSR count). The summed E-state index contributed by atoms with van der Waals surface area (Å²) in [5.41, 5.74) is 7.68. The number of hydrogen-bond acceptors (Lipinski definition) is 4. The van der Waals surface area contributed by atoms with E-state index < -0.39 is 0 Å². The molecule has 0 spiro atoms. The molecule has 0 aliphatic rings. The zero-order chi connectivity index (χ0) is 15.2. The number of furan rings is 1. The number of benzene rings is 1. The smallest absolute Gasteiger partial charge is 0.193 e. The van der Waals surface area contributed by atoms with Gasteiger partial charge in [0.25, 0.3) is 0 Å². The van der Waals surface area contributed by atoms with Gasteiger partial charge in [-0.25, -0.2) is 4.99 Å². The van der Waals surface area contributed by atoms with Gasteiger partial charge in [-0.3, -0.25) is 0 Å². The van der Waals surface area contributed by atoms with Crippen LogP contribution in [0.2, 0.25) is 0 Å². The lowest BCUT2D eigenvalue weighted by molar-refractivity contribution is 0.355. The molecule has 1 aromatic carbocycles. The van der Waals surface area contributed by atoms with Crippen LogP contribution in [0.4, 0.5) is 5.69 Å². The van der Waals surface area contributed by atoms with E-state index in [1.807, 2.05) is 19.1 Å². The average molecular weight is 417 g/mol. The topological polar surface area (TPSA) is 82.0 Å². The molecule has 0 aliphatic carbocycles. The van der Waals surface area contributed by atoms with Crippen LogP contribution in [-0.4, -0.2) is 20.2 Å². The van der Waals surface area contributed by atoms with Crippen LogP contribution in [0.25, 0.3) is 0 Å². The van der Waals surface area contributed by atoms with Crippen molar-refractivity contribution in [1.82, 2.24) is 0 Å². The summed E-state index contributed by atoms with van der Waals surface area (Å²) in [5, 5.41) is 3.00. The Labute approximate surface area is 146 Å². The Bertz CT molecular complexity index is 641. The highest BCUT2D eigenvalue weighted by atomic mass is 127. The Hall–Kier alpha value is -1.90. The molecule has 1 heterocycles.